The van der Waals surface area contributed by atoms with Gasteiger partial charge in [-0.15, -0.1) is 0 Å². The first kappa shape index (κ1) is 13.9. The smallest absolute Gasteiger partial charge is 0.0459 e. The highest BCUT2D eigenvalue weighted by Crippen LogP contribution is 2.44. The first-order chi connectivity index (χ1) is 9.98. The Balaban J connectivity index is 2.27. The van der Waals surface area contributed by atoms with E-state index in [2.05, 4.69) is 87.3 Å². The second-order valence-corrected chi connectivity index (χ2v) is 6.92. The number of aryl methyl sites for hydroxylation is 1. The third-order valence-corrected chi connectivity index (χ3v) is 4.23. The van der Waals surface area contributed by atoms with Crippen molar-refractivity contribution in [3.63, 3.8) is 0 Å². The summed E-state index contributed by atoms with van der Waals surface area (Å²) >= 11 is 0. The van der Waals surface area contributed by atoms with Gasteiger partial charge in [-0.1, -0.05) is 69.3 Å². The van der Waals surface area contributed by atoms with Gasteiger partial charge in [0.1, 0.15) is 0 Å². The lowest BCUT2D eigenvalue weighted by molar-refractivity contribution is 0.359. The Kier molecular flexibility index (Phi) is 3.36. The van der Waals surface area contributed by atoms with Gasteiger partial charge in [0.05, 0.1) is 0 Å². The fourth-order valence-electron chi connectivity index (χ4n) is 3.42. The molecule has 2 aromatic carbocycles. The normalized spacial score (nSPS) is 13.5. The molecule has 0 amide bonds. The maximum atomic E-state index is 3.55. The van der Waals surface area contributed by atoms with Crippen molar-refractivity contribution in [2.24, 2.45) is 5.41 Å². The molecule has 0 aliphatic rings. The first-order valence-corrected chi connectivity index (χ1v) is 7.60. The zero-order chi connectivity index (χ0) is 15.0. The van der Waals surface area contributed by atoms with Gasteiger partial charge in [0.15, 0.2) is 0 Å². The summed E-state index contributed by atoms with van der Waals surface area (Å²) in [6, 6.07) is 19.5. The van der Waals surface area contributed by atoms with E-state index >= 15 is 0 Å². The molecule has 0 aliphatic carbocycles. The van der Waals surface area contributed by atoms with Crippen LogP contribution < -0.4 is 0 Å². The number of aromatic nitrogens is 1. The van der Waals surface area contributed by atoms with Crippen LogP contribution in [-0.2, 0) is 0 Å². The Labute approximate surface area is 127 Å². The second-order valence-electron chi connectivity index (χ2n) is 6.92. The third-order valence-electron chi connectivity index (χ3n) is 4.23. The number of hydrogen-bond acceptors (Lipinski definition) is 0. The molecule has 108 valence electrons. The third kappa shape index (κ3) is 2.49. The van der Waals surface area contributed by atoms with E-state index in [1.807, 2.05) is 0 Å². The molecule has 0 bridgehead atoms. The van der Waals surface area contributed by atoms with Crippen LogP contribution in [0.25, 0.3) is 10.9 Å². The minimum Gasteiger partial charge on any atom is -0.358 e. The monoisotopic (exact) mass is 277 g/mol. The predicted molar refractivity (Wildman–Crippen MR) is 90.8 cm³/mol. The Hall–Kier alpha value is -2.02. The summed E-state index contributed by atoms with van der Waals surface area (Å²) in [5.41, 5.74) is 5.49. The molecule has 0 radical (unpaired) electrons. The molecule has 1 atom stereocenters. The standard InChI is InChI=1S/C20H23N/c1-14-18(16-12-8-9-13-17(16)21-14)19(20(2,3)4)15-10-6-5-7-11-15/h5-13,19,21H,1-4H3. The number of hydrogen-bond donors (Lipinski definition) is 1. The minimum absolute atomic E-state index is 0.164. The summed E-state index contributed by atoms with van der Waals surface area (Å²) in [4.78, 5) is 3.55. The van der Waals surface area contributed by atoms with Crippen molar-refractivity contribution < 1.29 is 0 Å². The number of rotatable bonds is 2. The van der Waals surface area contributed by atoms with Gasteiger partial charge in [0.25, 0.3) is 0 Å². The van der Waals surface area contributed by atoms with Crippen LogP contribution in [0.3, 0.4) is 0 Å². The Morgan fingerprint density at radius 1 is 0.857 bits per heavy atom. The molecule has 1 nitrogen and oxygen atoms in total. The fourth-order valence-corrected chi connectivity index (χ4v) is 3.42. The number of benzene rings is 2. The molecule has 1 aromatic heterocycles. The van der Waals surface area contributed by atoms with E-state index in [-0.39, 0.29) is 5.41 Å². The van der Waals surface area contributed by atoms with E-state index in [0.29, 0.717) is 5.92 Å². The number of para-hydroxylation sites is 1. The lowest BCUT2D eigenvalue weighted by atomic mass is 9.72. The summed E-state index contributed by atoms with van der Waals surface area (Å²) in [6.07, 6.45) is 0. The molecular weight excluding hydrogens is 254 g/mol. The van der Waals surface area contributed by atoms with Gasteiger partial charge in [-0.25, -0.2) is 0 Å². The summed E-state index contributed by atoms with van der Waals surface area (Å²) in [7, 11) is 0. The maximum Gasteiger partial charge on any atom is 0.0459 e. The summed E-state index contributed by atoms with van der Waals surface area (Å²) in [5.74, 6) is 0.384. The van der Waals surface area contributed by atoms with Gasteiger partial charge in [-0.2, -0.15) is 0 Å². The number of fused-ring (bicyclic) bond motifs is 1. The van der Waals surface area contributed by atoms with Crippen molar-refractivity contribution >= 4 is 10.9 Å². The van der Waals surface area contributed by atoms with Crippen LogP contribution in [0.5, 0.6) is 0 Å². The summed E-state index contributed by atoms with van der Waals surface area (Å²) in [6.45, 7) is 9.17. The minimum atomic E-state index is 0.164. The van der Waals surface area contributed by atoms with E-state index in [1.54, 1.807) is 0 Å². The van der Waals surface area contributed by atoms with Crippen LogP contribution >= 0.6 is 0 Å². The van der Waals surface area contributed by atoms with Crippen molar-refractivity contribution in [2.45, 2.75) is 33.6 Å². The average molecular weight is 277 g/mol. The molecule has 0 fully saturated rings. The largest absolute Gasteiger partial charge is 0.358 e. The fraction of sp³-hybridized carbons (Fsp3) is 0.300. The van der Waals surface area contributed by atoms with Crippen molar-refractivity contribution in [3.05, 3.63) is 71.4 Å². The molecule has 3 rings (SSSR count). The molecule has 0 aliphatic heterocycles. The van der Waals surface area contributed by atoms with Gasteiger partial charge >= 0.3 is 0 Å². The van der Waals surface area contributed by atoms with Gasteiger partial charge in [-0.05, 0) is 29.5 Å². The van der Waals surface area contributed by atoms with Gasteiger partial charge < -0.3 is 4.98 Å². The van der Waals surface area contributed by atoms with Crippen molar-refractivity contribution in [1.82, 2.24) is 4.98 Å². The number of nitrogens with one attached hydrogen (secondary N) is 1. The van der Waals surface area contributed by atoms with Crippen LogP contribution in [-0.4, -0.2) is 4.98 Å². The quantitative estimate of drug-likeness (QED) is 0.622. The van der Waals surface area contributed by atoms with Crippen LogP contribution in [0.1, 0.15) is 43.5 Å². The molecule has 1 heterocycles. The van der Waals surface area contributed by atoms with Crippen molar-refractivity contribution in [3.8, 4) is 0 Å². The van der Waals surface area contributed by atoms with Crippen molar-refractivity contribution in [2.75, 3.05) is 0 Å². The van der Waals surface area contributed by atoms with E-state index < -0.39 is 0 Å². The van der Waals surface area contributed by atoms with Crippen molar-refractivity contribution in [1.29, 1.82) is 0 Å². The Morgan fingerprint density at radius 2 is 1.48 bits per heavy atom. The highest BCUT2D eigenvalue weighted by Gasteiger charge is 2.31. The average Bonchev–Trinajstić information content (AvgIpc) is 2.76. The number of aromatic amines is 1. The highest BCUT2D eigenvalue weighted by atomic mass is 14.7. The molecule has 0 spiro atoms. The molecule has 1 unspecified atom stereocenters. The maximum absolute atomic E-state index is 3.55. The van der Waals surface area contributed by atoms with Crippen LogP contribution in [0.15, 0.2) is 54.6 Å². The highest BCUT2D eigenvalue weighted by molar-refractivity contribution is 5.85. The van der Waals surface area contributed by atoms with Crippen LogP contribution in [0, 0.1) is 12.3 Å². The van der Waals surface area contributed by atoms with Gasteiger partial charge in [0, 0.05) is 22.5 Å². The van der Waals surface area contributed by atoms with Gasteiger partial charge in [-0.3, -0.25) is 0 Å². The molecule has 0 saturated carbocycles. The van der Waals surface area contributed by atoms with E-state index in [4.69, 9.17) is 0 Å². The molecule has 3 aromatic rings. The van der Waals surface area contributed by atoms with Crippen LogP contribution in [0.2, 0.25) is 0 Å². The SMILES string of the molecule is Cc1[nH]c2ccccc2c1C(c1ccccc1)C(C)(C)C. The van der Waals surface area contributed by atoms with Gasteiger partial charge in [0.2, 0.25) is 0 Å². The predicted octanol–water partition coefficient (Wildman–Crippen LogP) is 5.65. The Bertz CT molecular complexity index is 744. The van der Waals surface area contributed by atoms with Crippen LogP contribution in [0.4, 0.5) is 0 Å². The molecule has 1 heteroatoms. The number of H-pyrrole nitrogens is 1. The molecular formula is C20H23N. The van der Waals surface area contributed by atoms with E-state index in [0.717, 1.165) is 0 Å². The first-order valence-electron chi connectivity index (χ1n) is 7.60. The van der Waals surface area contributed by atoms with E-state index in [9.17, 15) is 0 Å². The zero-order valence-electron chi connectivity index (χ0n) is 13.3. The lowest BCUT2D eigenvalue weighted by Gasteiger charge is -2.32. The Morgan fingerprint density at radius 3 is 2.14 bits per heavy atom. The molecule has 1 N–H and O–H groups in total. The molecule has 0 saturated heterocycles. The summed E-state index contributed by atoms with van der Waals surface area (Å²) < 4.78 is 0. The summed E-state index contributed by atoms with van der Waals surface area (Å²) in [5, 5.41) is 1.35. The molecule has 21 heavy (non-hydrogen) atoms. The lowest BCUT2D eigenvalue weighted by Crippen LogP contribution is -2.20. The topological polar surface area (TPSA) is 15.8 Å². The second kappa shape index (κ2) is 5.07. The zero-order valence-corrected chi connectivity index (χ0v) is 13.3. The van der Waals surface area contributed by atoms with E-state index in [1.165, 1.54) is 27.7 Å².